The highest BCUT2D eigenvalue weighted by Crippen LogP contribution is 2.22. The second-order valence-corrected chi connectivity index (χ2v) is 7.68. The maximum Gasteiger partial charge on any atom is 0.253 e. The second-order valence-electron chi connectivity index (χ2n) is 7.68. The molecule has 0 spiro atoms. The number of amides is 1. The number of nitrogens with zero attached hydrogens (tertiary/aromatic N) is 6. The molecule has 1 aromatic heterocycles. The second kappa shape index (κ2) is 8.48. The lowest BCUT2D eigenvalue weighted by Gasteiger charge is -2.36. The van der Waals surface area contributed by atoms with Gasteiger partial charge in [0.25, 0.3) is 5.91 Å². The third kappa shape index (κ3) is 4.32. The first-order valence-corrected chi connectivity index (χ1v) is 10.3. The Morgan fingerprint density at radius 2 is 1.62 bits per heavy atom. The Bertz CT molecular complexity index is 906. The Kier molecular flexibility index (Phi) is 5.61. The van der Waals surface area contributed by atoms with Crippen LogP contribution in [-0.2, 0) is 0 Å². The maximum atomic E-state index is 12.7. The molecule has 0 N–H and O–H groups in total. The maximum absolute atomic E-state index is 12.7. The van der Waals surface area contributed by atoms with Gasteiger partial charge in [-0.05, 0) is 50.5 Å². The van der Waals surface area contributed by atoms with Crippen molar-refractivity contribution in [1.82, 2.24) is 14.9 Å². The van der Waals surface area contributed by atoms with Gasteiger partial charge in [0.15, 0.2) is 0 Å². The molecule has 1 amide bonds. The van der Waals surface area contributed by atoms with Crippen LogP contribution in [-0.4, -0.2) is 60.0 Å². The van der Waals surface area contributed by atoms with Crippen LogP contribution in [0.15, 0.2) is 30.3 Å². The van der Waals surface area contributed by atoms with Crippen molar-refractivity contribution >= 4 is 17.7 Å². The zero-order valence-electron chi connectivity index (χ0n) is 16.8. The van der Waals surface area contributed by atoms with Crippen molar-refractivity contribution in [3.8, 4) is 6.07 Å². The van der Waals surface area contributed by atoms with Crippen LogP contribution in [0.4, 0.5) is 11.8 Å². The number of hydrogen-bond acceptors (Lipinski definition) is 6. The van der Waals surface area contributed by atoms with Gasteiger partial charge in [0, 0.05) is 56.6 Å². The van der Waals surface area contributed by atoms with E-state index < -0.39 is 0 Å². The molecule has 0 bridgehead atoms. The molecule has 2 aromatic rings. The zero-order chi connectivity index (χ0) is 20.2. The highest BCUT2D eigenvalue weighted by atomic mass is 16.2. The van der Waals surface area contributed by atoms with Crippen molar-refractivity contribution in [3.05, 3.63) is 47.2 Å². The molecule has 2 aliphatic rings. The number of benzene rings is 1. The minimum absolute atomic E-state index is 0.0158. The minimum Gasteiger partial charge on any atom is -0.353 e. The smallest absolute Gasteiger partial charge is 0.253 e. The van der Waals surface area contributed by atoms with E-state index in [2.05, 4.69) is 20.9 Å². The molecular formula is C22H26N6O. The average Bonchev–Trinajstić information content (AvgIpc) is 2.79. The SMILES string of the molecule is Cc1cc(N2CCN(C(=O)c3ccc(C#N)cc3)CC2)nc(N2CCCCC2)n1. The number of anilines is 2. The van der Waals surface area contributed by atoms with Crippen LogP contribution in [0.25, 0.3) is 0 Å². The van der Waals surface area contributed by atoms with Gasteiger partial charge >= 0.3 is 0 Å². The van der Waals surface area contributed by atoms with E-state index in [1.807, 2.05) is 17.9 Å². The molecule has 4 rings (SSSR count). The molecule has 2 fully saturated rings. The third-order valence-electron chi connectivity index (χ3n) is 5.62. The van der Waals surface area contributed by atoms with Crippen molar-refractivity contribution in [1.29, 1.82) is 5.26 Å². The lowest BCUT2D eigenvalue weighted by atomic mass is 10.1. The Labute approximate surface area is 171 Å². The van der Waals surface area contributed by atoms with E-state index in [4.69, 9.17) is 10.2 Å². The Morgan fingerprint density at radius 1 is 0.931 bits per heavy atom. The van der Waals surface area contributed by atoms with E-state index >= 15 is 0 Å². The molecule has 29 heavy (non-hydrogen) atoms. The third-order valence-corrected chi connectivity index (χ3v) is 5.62. The molecule has 1 aromatic carbocycles. The van der Waals surface area contributed by atoms with Crippen molar-refractivity contribution in [2.24, 2.45) is 0 Å². The quantitative estimate of drug-likeness (QED) is 0.802. The summed E-state index contributed by atoms with van der Waals surface area (Å²) in [4.78, 5) is 28.6. The van der Waals surface area contributed by atoms with Gasteiger partial charge in [-0.3, -0.25) is 4.79 Å². The van der Waals surface area contributed by atoms with Gasteiger partial charge in [-0.1, -0.05) is 0 Å². The van der Waals surface area contributed by atoms with Gasteiger partial charge < -0.3 is 14.7 Å². The van der Waals surface area contributed by atoms with Crippen LogP contribution in [0.3, 0.4) is 0 Å². The molecule has 7 heteroatoms. The van der Waals surface area contributed by atoms with Crippen LogP contribution in [0.2, 0.25) is 0 Å². The van der Waals surface area contributed by atoms with E-state index in [1.165, 1.54) is 19.3 Å². The number of hydrogen-bond donors (Lipinski definition) is 0. The van der Waals surface area contributed by atoms with Gasteiger partial charge in [0.2, 0.25) is 5.95 Å². The molecule has 3 heterocycles. The Balaban J connectivity index is 1.42. The van der Waals surface area contributed by atoms with Crippen LogP contribution in [0, 0.1) is 18.3 Å². The van der Waals surface area contributed by atoms with E-state index in [1.54, 1.807) is 24.3 Å². The highest BCUT2D eigenvalue weighted by Gasteiger charge is 2.24. The van der Waals surface area contributed by atoms with E-state index in [-0.39, 0.29) is 5.91 Å². The first-order valence-electron chi connectivity index (χ1n) is 10.3. The van der Waals surface area contributed by atoms with Crippen LogP contribution in [0.5, 0.6) is 0 Å². The van der Waals surface area contributed by atoms with Crippen LogP contribution >= 0.6 is 0 Å². The van der Waals surface area contributed by atoms with Crippen molar-refractivity contribution < 1.29 is 4.79 Å². The van der Waals surface area contributed by atoms with Gasteiger partial charge in [-0.2, -0.15) is 10.2 Å². The number of carbonyl (C=O) groups excluding carboxylic acids is 1. The predicted molar refractivity (Wildman–Crippen MR) is 112 cm³/mol. The van der Waals surface area contributed by atoms with E-state index in [0.717, 1.165) is 43.6 Å². The molecule has 150 valence electrons. The number of aromatic nitrogens is 2. The zero-order valence-corrected chi connectivity index (χ0v) is 16.8. The summed E-state index contributed by atoms with van der Waals surface area (Å²) in [5, 5.41) is 8.91. The molecule has 0 radical (unpaired) electrons. The van der Waals surface area contributed by atoms with Crippen LogP contribution in [0.1, 0.15) is 40.9 Å². The molecule has 2 aliphatic heterocycles. The first-order chi connectivity index (χ1) is 14.1. The number of rotatable bonds is 3. The average molecular weight is 390 g/mol. The van der Waals surface area contributed by atoms with E-state index in [9.17, 15) is 4.79 Å². The summed E-state index contributed by atoms with van der Waals surface area (Å²) in [7, 11) is 0. The molecule has 0 aliphatic carbocycles. The molecule has 0 atom stereocenters. The fourth-order valence-electron chi connectivity index (χ4n) is 3.94. The van der Waals surface area contributed by atoms with Gasteiger partial charge in [-0.15, -0.1) is 0 Å². The number of piperidine rings is 1. The van der Waals surface area contributed by atoms with Crippen molar-refractivity contribution in [3.63, 3.8) is 0 Å². The fraction of sp³-hybridized carbons (Fsp3) is 0.455. The van der Waals surface area contributed by atoms with Gasteiger partial charge in [0.1, 0.15) is 5.82 Å². The topological polar surface area (TPSA) is 76.4 Å². The standard InChI is InChI=1S/C22H26N6O/c1-17-15-20(25-22(24-17)28-9-3-2-4-10-28)26-11-13-27(14-12-26)21(29)19-7-5-18(16-23)6-8-19/h5-8,15H,2-4,9-14H2,1H3. The summed E-state index contributed by atoms with van der Waals surface area (Å²) in [5.74, 6) is 1.79. The normalized spacial score (nSPS) is 17.2. The minimum atomic E-state index is 0.0158. The van der Waals surface area contributed by atoms with Crippen LogP contribution < -0.4 is 9.80 Å². The predicted octanol–water partition coefficient (Wildman–Crippen LogP) is 2.61. The number of piperazine rings is 1. The molecule has 2 saturated heterocycles. The summed E-state index contributed by atoms with van der Waals surface area (Å²) >= 11 is 0. The van der Waals surface area contributed by atoms with E-state index in [0.29, 0.717) is 24.2 Å². The summed E-state index contributed by atoms with van der Waals surface area (Å²) in [6, 6.07) is 11.0. The molecular weight excluding hydrogens is 364 g/mol. The summed E-state index contributed by atoms with van der Waals surface area (Å²) < 4.78 is 0. The summed E-state index contributed by atoms with van der Waals surface area (Å²) in [6.07, 6.45) is 3.68. The Hall–Kier alpha value is -3.14. The van der Waals surface area contributed by atoms with Gasteiger partial charge in [-0.25, -0.2) is 4.98 Å². The van der Waals surface area contributed by atoms with Gasteiger partial charge in [0.05, 0.1) is 11.6 Å². The van der Waals surface area contributed by atoms with Crippen molar-refractivity contribution in [2.45, 2.75) is 26.2 Å². The van der Waals surface area contributed by atoms with Crippen molar-refractivity contribution in [2.75, 3.05) is 49.1 Å². The highest BCUT2D eigenvalue weighted by molar-refractivity contribution is 5.94. The number of nitriles is 1. The monoisotopic (exact) mass is 390 g/mol. The molecule has 0 saturated carbocycles. The first kappa shape index (κ1) is 19.2. The molecule has 7 nitrogen and oxygen atoms in total. The fourth-order valence-corrected chi connectivity index (χ4v) is 3.94. The number of aryl methyl sites for hydroxylation is 1. The summed E-state index contributed by atoms with van der Waals surface area (Å²) in [5.41, 5.74) is 2.17. The Morgan fingerprint density at radius 3 is 2.28 bits per heavy atom. The summed E-state index contributed by atoms with van der Waals surface area (Å²) in [6.45, 7) is 6.87. The largest absolute Gasteiger partial charge is 0.353 e. The molecule has 0 unspecified atom stereocenters. The lowest BCUT2D eigenvalue weighted by molar-refractivity contribution is 0.0746. The number of carbonyl (C=O) groups is 1. The lowest BCUT2D eigenvalue weighted by Crippen LogP contribution is -2.49.